The molecule has 0 spiro atoms. The number of halogens is 3. The van der Waals surface area contributed by atoms with E-state index >= 15 is 0 Å². The number of hydrogen-bond acceptors (Lipinski definition) is 4. The van der Waals surface area contributed by atoms with Crippen molar-refractivity contribution in [3.05, 3.63) is 18.0 Å². The van der Waals surface area contributed by atoms with Crippen molar-refractivity contribution in [3.63, 3.8) is 0 Å². The Morgan fingerprint density at radius 2 is 2.21 bits per heavy atom. The molecule has 0 saturated heterocycles. The number of rotatable bonds is 3. The fraction of sp³-hybridized carbons (Fsp3) is 0.429. The summed E-state index contributed by atoms with van der Waals surface area (Å²) in [6.07, 6.45) is -4.47. The molecule has 1 aromatic heterocycles. The zero-order chi connectivity index (χ0) is 10.8. The van der Waals surface area contributed by atoms with Crippen LogP contribution in [0.1, 0.15) is 12.7 Å². The van der Waals surface area contributed by atoms with Gasteiger partial charge in [-0.2, -0.15) is 22.5 Å². The second-order valence-electron chi connectivity index (χ2n) is 2.73. The molecule has 0 atom stereocenters. The second-order valence-corrected chi connectivity index (χ2v) is 3.48. The number of aromatic nitrogens is 2. The Morgan fingerprint density at radius 3 is 2.64 bits per heavy atom. The summed E-state index contributed by atoms with van der Waals surface area (Å²) < 4.78 is 39.3. The Morgan fingerprint density at radius 1 is 1.57 bits per heavy atom. The van der Waals surface area contributed by atoms with E-state index in [1.54, 1.807) is 6.92 Å². The highest BCUT2D eigenvalue weighted by Crippen LogP contribution is 2.28. The van der Waals surface area contributed by atoms with Crippen LogP contribution in [0.5, 0.6) is 0 Å². The van der Waals surface area contributed by atoms with E-state index in [9.17, 15) is 13.2 Å². The summed E-state index contributed by atoms with van der Waals surface area (Å²) in [6.45, 7) is 5.76. The summed E-state index contributed by atoms with van der Waals surface area (Å²) in [4.78, 5) is 3.28. The third-order valence-electron chi connectivity index (χ3n) is 1.22. The molecule has 0 aliphatic carbocycles. The Bertz CT molecular complexity index is 331. The molecule has 78 valence electrons. The van der Waals surface area contributed by atoms with Crippen molar-refractivity contribution in [1.29, 1.82) is 0 Å². The van der Waals surface area contributed by atoms with E-state index in [4.69, 9.17) is 0 Å². The molecule has 1 N–H and O–H groups in total. The summed E-state index contributed by atoms with van der Waals surface area (Å²) in [6, 6.07) is 0. The lowest BCUT2D eigenvalue weighted by Gasteiger charge is -2.00. The topological polar surface area (TPSA) is 37.8 Å². The third-order valence-corrected chi connectivity index (χ3v) is 1.89. The van der Waals surface area contributed by atoms with Crippen LogP contribution < -0.4 is 5.32 Å². The Kier molecular flexibility index (Phi) is 3.10. The maximum Gasteiger partial charge on any atom is 0.452 e. The Labute approximate surface area is 82.8 Å². The molecule has 0 aliphatic heterocycles. The predicted molar refractivity (Wildman–Crippen MR) is 48.2 cm³/mol. The van der Waals surface area contributed by atoms with Gasteiger partial charge in [0.25, 0.3) is 0 Å². The van der Waals surface area contributed by atoms with E-state index in [1.807, 2.05) is 0 Å². The van der Waals surface area contributed by atoms with Crippen LogP contribution in [0, 0.1) is 0 Å². The fourth-order valence-corrected chi connectivity index (χ4v) is 1.22. The third kappa shape index (κ3) is 2.99. The molecule has 0 radical (unpaired) electrons. The number of anilines is 1. The largest absolute Gasteiger partial charge is 0.452 e. The quantitative estimate of drug-likeness (QED) is 0.800. The van der Waals surface area contributed by atoms with Gasteiger partial charge in [0.15, 0.2) is 0 Å². The smallest absolute Gasteiger partial charge is 0.357 e. The summed E-state index contributed by atoms with van der Waals surface area (Å²) in [5.74, 6) is -1.10. The van der Waals surface area contributed by atoms with Gasteiger partial charge >= 0.3 is 6.18 Å². The van der Waals surface area contributed by atoms with Gasteiger partial charge in [0.05, 0.1) is 0 Å². The minimum Gasteiger partial charge on any atom is -0.357 e. The highest BCUT2D eigenvalue weighted by molar-refractivity contribution is 7.09. The second kappa shape index (κ2) is 3.95. The standard InChI is InChI=1S/C7H8F3N3S/c1-4(2)3-11-6-12-5(13-14-6)7(8,9)10/h1,3H2,2H3,(H,11,12,13). The molecule has 14 heavy (non-hydrogen) atoms. The summed E-state index contributed by atoms with van der Waals surface area (Å²) >= 11 is 0.685. The van der Waals surface area contributed by atoms with Crippen molar-refractivity contribution >= 4 is 16.7 Å². The van der Waals surface area contributed by atoms with Crippen LogP contribution in [-0.2, 0) is 6.18 Å². The van der Waals surface area contributed by atoms with Crippen LogP contribution in [0.15, 0.2) is 12.2 Å². The van der Waals surface area contributed by atoms with Crippen molar-refractivity contribution in [2.24, 2.45) is 0 Å². The van der Waals surface area contributed by atoms with Gasteiger partial charge < -0.3 is 5.32 Å². The van der Waals surface area contributed by atoms with Crippen molar-refractivity contribution in [3.8, 4) is 0 Å². The zero-order valence-corrected chi connectivity index (χ0v) is 8.17. The van der Waals surface area contributed by atoms with Gasteiger partial charge in [-0.05, 0) is 6.92 Å². The molecular weight excluding hydrogens is 215 g/mol. The van der Waals surface area contributed by atoms with E-state index in [0.29, 0.717) is 18.1 Å². The Hall–Kier alpha value is -1.11. The van der Waals surface area contributed by atoms with Crippen LogP contribution in [-0.4, -0.2) is 15.9 Å². The zero-order valence-electron chi connectivity index (χ0n) is 7.35. The molecule has 0 saturated carbocycles. The van der Waals surface area contributed by atoms with Gasteiger partial charge in [-0.25, -0.2) is 0 Å². The number of hydrogen-bond donors (Lipinski definition) is 1. The minimum absolute atomic E-state index is 0.153. The van der Waals surface area contributed by atoms with Gasteiger partial charge in [-0.3, -0.25) is 0 Å². The monoisotopic (exact) mass is 223 g/mol. The van der Waals surface area contributed by atoms with Gasteiger partial charge in [-0.15, -0.1) is 0 Å². The average Bonchev–Trinajstić information content (AvgIpc) is 2.47. The first-order chi connectivity index (χ1) is 6.39. The van der Waals surface area contributed by atoms with E-state index in [2.05, 4.69) is 21.3 Å². The lowest BCUT2D eigenvalue weighted by Crippen LogP contribution is -2.08. The molecule has 0 amide bonds. The molecule has 1 heterocycles. The molecule has 0 aromatic carbocycles. The molecule has 0 bridgehead atoms. The SMILES string of the molecule is C=C(C)CNc1nc(C(F)(F)F)ns1. The van der Waals surface area contributed by atoms with Crippen molar-refractivity contribution in [2.45, 2.75) is 13.1 Å². The summed E-state index contributed by atoms with van der Waals surface area (Å²) in [7, 11) is 0. The normalized spacial score (nSPS) is 11.4. The lowest BCUT2D eigenvalue weighted by molar-refractivity contribution is -0.144. The van der Waals surface area contributed by atoms with Crippen LogP contribution in [0.3, 0.4) is 0 Å². The van der Waals surface area contributed by atoms with Crippen molar-refractivity contribution in [1.82, 2.24) is 9.36 Å². The first-order valence-electron chi connectivity index (χ1n) is 3.69. The Balaban J connectivity index is 2.64. The molecule has 3 nitrogen and oxygen atoms in total. The maximum atomic E-state index is 12.0. The average molecular weight is 223 g/mol. The van der Waals surface area contributed by atoms with E-state index < -0.39 is 12.0 Å². The molecular formula is C7H8F3N3S. The van der Waals surface area contributed by atoms with Crippen LogP contribution >= 0.6 is 11.5 Å². The highest BCUT2D eigenvalue weighted by Gasteiger charge is 2.35. The molecule has 0 unspecified atom stereocenters. The summed E-state index contributed by atoms with van der Waals surface area (Å²) in [5.41, 5.74) is 0.814. The van der Waals surface area contributed by atoms with Crippen LogP contribution in [0.4, 0.5) is 18.3 Å². The van der Waals surface area contributed by atoms with Crippen molar-refractivity contribution in [2.75, 3.05) is 11.9 Å². The van der Waals surface area contributed by atoms with Gasteiger partial charge in [0, 0.05) is 18.1 Å². The van der Waals surface area contributed by atoms with E-state index in [-0.39, 0.29) is 5.13 Å². The fourth-order valence-electron chi connectivity index (χ4n) is 0.637. The van der Waals surface area contributed by atoms with E-state index in [0.717, 1.165) is 5.57 Å². The molecule has 0 fully saturated rings. The van der Waals surface area contributed by atoms with Crippen LogP contribution in [0.2, 0.25) is 0 Å². The van der Waals surface area contributed by atoms with Crippen LogP contribution in [0.25, 0.3) is 0 Å². The number of nitrogens with zero attached hydrogens (tertiary/aromatic N) is 2. The maximum absolute atomic E-state index is 12.0. The highest BCUT2D eigenvalue weighted by atomic mass is 32.1. The predicted octanol–water partition coefficient (Wildman–Crippen LogP) is 2.54. The van der Waals surface area contributed by atoms with Gasteiger partial charge in [0.1, 0.15) is 0 Å². The number of nitrogens with one attached hydrogen (secondary N) is 1. The lowest BCUT2D eigenvalue weighted by atomic mass is 10.4. The van der Waals surface area contributed by atoms with Crippen molar-refractivity contribution < 1.29 is 13.2 Å². The molecule has 1 rings (SSSR count). The molecule has 7 heteroatoms. The minimum atomic E-state index is -4.47. The first kappa shape index (κ1) is 11.0. The summed E-state index contributed by atoms with van der Waals surface area (Å²) in [5, 5.41) is 2.84. The van der Waals surface area contributed by atoms with E-state index in [1.165, 1.54) is 0 Å². The van der Waals surface area contributed by atoms with Gasteiger partial charge in [0.2, 0.25) is 11.0 Å². The number of alkyl halides is 3. The molecule has 1 aromatic rings. The first-order valence-corrected chi connectivity index (χ1v) is 4.46. The molecule has 0 aliphatic rings. The van der Waals surface area contributed by atoms with Gasteiger partial charge in [-0.1, -0.05) is 12.2 Å².